The smallest absolute Gasteiger partial charge is 0.161 e. The maximum absolute atomic E-state index is 5.44. The Morgan fingerprint density at radius 1 is 1.46 bits per heavy atom. The van der Waals surface area contributed by atoms with E-state index >= 15 is 0 Å². The molecule has 0 aromatic heterocycles. The fourth-order valence-electron chi connectivity index (χ4n) is 0.945. The molecule has 3 nitrogen and oxygen atoms in total. The second-order valence-corrected chi connectivity index (χ2v) is 2.57. The van der Waals surface area contributed by atoms with Crippen LogP contribution >= 0.6 is 0 Å². The average molecular weight is 180 g/mol. The second-order valence-electron chi connectivity index (χ2n) is 2.57. The van der Waals surface area contributed by atoms with E-state index in [9.17, 15) is 0 Å². The minimum atomic E-state index is 0.622. The Bertz CT molecular complexity index is 250. The highest BCUT2D eigenvalue weighted by molar-refractivity contribution is 5.38. The van der Waals surface area contributed by atoms with E-state index in [1.165, 1.54) is 0 Å². The van der Waals surface area contributed by atoms with Gasteiger partial charge in [0.2, 0.25) is 0 Å². The van der Waals surface area contributed by atoms with Crippen molar-refractivity contribution < 1.29 is 9.47 Å². The third kappa shape index (κ3) is 2.95. The lowest BCUT2D eigenvalue weighted by Gasteiger charge is -2.08. The summed E-state index contributed by atoms with van der Waals surface area (Å²) in [5, 5.41) is 0. The van der Waals surface area contributed by atoms with E-state index in [1.807, 2.05) is 6.07 Å². The van der Waals surface area contributed by atoms with Gasteiger partial charge in [-0.3, -0.25) is 0 Å². The Hall–Kier alpha value is -1.22. The number of rotatable bonds is 5. The van der Waals surface area contributed by atoms with E-state index < -0.39 is 0 Å². The van der Waals surface area contributed by atoms with E-state index in [0.717, 1.165) is 12.2 Å². The van der Waals surface area contributed by atoms with Crippen LogP contribution in [0.25, 0.3) is 0 Å². The maximum atomic E-state index is 5.44. The zero-order valence-corrected chi connectivity index (χ0v) is 7.75. The monoisotopic (exact) mass is 180 g/mol. The summed E-state index contributed by atoms with van der Waals surface area (Å²) in [6, 6.07) is 8.28. The molecule has 1 aromatic rings. The van der Waals surface area contributed by atoms with Crippen LogP contribution in [0.4, 0.5) is 0 Å². The average Bonchev–Trinajstić information content (AvgIpc) is 2.19. The summed E-state index contributed by atoms with van der Waals surface area (Å²) in [4.78, 5) is 0. The summed E-state index contributed by atoms with van der Waals surface area (Å²) in [6.45, 7) is 1.26. The lowest BCUT2D eigenvalue weighted by molar-refractivity contribution is 0.291. The Morgan fingerprint density at radius 2 is 2.31 bits per heavy atom. The van der Waals surface area contributed by atoms with Crippen LogP contribution in [-0.4, -0.2) is 20.3 Å². The van der Waals surface area contributed by atoms with Gasteiger partial charge in [0.15, 0.2) is 11.5 Å². The fourth-order valence-corrected chi connectivity index (χ4v) is 0.945. The quantitative estimate of drug-likeness (QED) is 0.693. The van der Waals surface area contributed by atoms with Crippen molar-refractivity contribution in [2.75, 3.05) is 20.3 Å². The summed E-state index contributed by atoms with van der Waals surface area (Å²) in [6.07, 6.45) is 0.849. The van der Waals surface area contributed by atoms with Crippen molar-refractivity contribution in [2.24, 2.45) is 5.73 Å². The number of hydrogen-bond donors (Lipinski definition) is 1. The normalized spacial score (nSPS) is 9.69. The van der Waals surface area contributed by atoms with Crippen LogP contribution in [0.2, 0.25) is 0 Å². The van der Waals surface area contributed by atoms with Crippen molar-refractivity contribution in [3.05, 3.63) is 24.3 Å². The van der Waals surface area contributed by atoms with Gasteiger partial charge >= 0.3 is 0 Å². The standard InChI is InChI=1S/C10H14NO2/c1-12-9-5-2-3-6-10(9)13-8-4-7-11/h3,5-6H,4,7-8,11H2,1H3. The van der Waals surface area contributed by atoms with E-state index in [-0.39, 0.29) is 0 Å². The Kier molecular flexibility index (Phi) is 4.12. The lowest BCUT2D eigenvalue weighted by Crippen LogP contribution is -2.06. The molecular weight excluding hydrogens is 166 g/mol. The van der Waals surface area contributed by atoms with Gasteiger partial charge in [0, 0.05) is 0 Å². The SMILES string of the molecule is COc1c[c]ccc1OCCCN. The molecule has 0 aliphatic heterocycles. The predicted octanol–water partition coefficient (Wildman–Crippen LogP) is 1.22. The zero-order valence-electron chi connectivity index (χ0n) is 7.75. The molecule has 0 amide bonds. The first-order valence-corrected chi connectivity index (χ1v) is 4.25. The van der Waals surface area contributed by atoms with Crippen LogP contribution < -0.4 is 15.2 Å². The molecule has 0 aliphatic rings. The zero-order chi connectivity index (χ0) is 9.52. The number of hydrogen-bond acceptors (Lipinski definition) is 3. The molecule has 1 radical (unpaired) electrons. The molecule has 1 rings (SSSR count). The molecule has 1 aromatic carbocycles. The first-order chi connectivity index (χ1) is 6.38. The van der Waals surface area contributed by atoms with Crippen molar-refractivity contribution in [3.8, 4) is 11.5 Å². The number of methoxy groups -OCH3 is 1. The van der Waals surface area contributed by atoms with Crippen LogP contribution in [0.5, 0.6) is 11.5 Å². The maximum Gasteiger partial charge on any atom is 0.161 e. The highest BCUT2D eigenvalue weighted by Crippen LogP contribution is 2.25. The third-order valence-corrected chi connectivity index (χ3v) is 1.61. The lowest BCUT2D eigenvalue weighted by atomic mass is 10.3. The molecule has 0 saturated heterocycles. The van der Waals surface area contributed by atoms with Gasteiger partial charge in [-0.2, -0.15) is 0 Å². The van der Waals surface area contributed by atoms with Gasteiger partial charge in [-0.25, -0.2) is 0 Å². The number of nitrogens with two attached hydrogens (primary N) is 1. The Balaban J connectivity index is 2.54. The highest BCUT2D eigenvalue weighted by atomic mass is 16.5. The van der Waals surface area contributed by atoms with E-state index in [0.29, 0.717) is 18.9 Å². The second kappa shape index (κ2) is 5.43. The molecule has 0 saturated carbocycles. The molecule has 0 atom stereocenters. The molecule has 71 valence electrons. The van der Waals surface area contributed by atoms with E-state index in [1.54, 1.807) is 19.2 Å². The van der Waals surface area contributed by atoms with Crippen LogP contribution in [-0.2, 0) is 0 Å². The van der Waals surface area contributed by atoms with Crippen LogP contribution in [0.15, 0.2) is 18.2 Å². The van der Waals surface area contributed by atoms with Gasteiger partial charge in [-0.1, -0.05) is 6.07 Å². The minimum Gasteiger partial charge on any atom is -0.493 e. The van der Waals surface area contributed by atoms with Crippen LogP contribution in [0.1, 0.15) is 6.42 Å². The van der Waals surface area contributed by atoms with Crippen LogP contribution in [0.3, 0.4) is 0 Å². The van der Waals surface area contributed by atoms with Crippen molar-refractivity contribution in [2.45, 2.75) is 6.42 Å². The molecule has 0 bridgehead atoms. The Morgan fingerprint density at radius 3 is 3.00 bits per heavy atom. The van der Waals surface area contributed by atoms with Gasteiger partial charge in [0.05, 0.1) is 13.7 Å². The molecule has 2 N–H and O–H groups in total. The summed E-state index contributed by atoms with van der Waals surface area (Å²) in [7, 11) is 1.61. The number of benzene rings is 1. The topological polar surface area (TPSA) is 44.5 Å². The first-order valence-electron chi connectivity index (χ1n) is 4.25. The molecule has 0 aliphatic carbocycles. The van der Waals surface area contributed by atoms with Gasteiger partial charge in [0.25, 0.3) is 0 Å². The molecule has 0 spiro atoms. The molecule has 3 heteroatoms. The largest absolute Gasteiger partial charge is 0.493 e. The molecule has 0 heterocycles. The van der Waals surface area contributed by atoms with E-state index in [2.05, 4.69) is 6.07 Å². The molecule has 0 fully saturated rings. The number of ether oxygens (including phenoxy) is 2. The highest BCUT2D eigenvalue weighted by Gasteiger charge is 2.00. The summed E-state index contributed by atoms with van der Waals surface area (Å²) in [5.74, 6) is 1.45. The van der Waals surface area contributed by atoms with Gasteiger partial charge in [-0.05, 0) is 31.2 Å². The minimum absolute atomic E-state index is 0.622. The van der Waals surface area contributed by atoms with E-state index in [4.69, 9.17) is 15.2 Å². The van der Waals surface area contributed by atoms with Crippen molar-refractivity contribution >= 4 is 0 Å². The summed E-state index contributed by atoms with van der Waals surface area (Å²) >= 11 is 0. The van der Waals surface area contributed by atoms with Crippen molar-refractivity contribution in [3.63, 3.8) is 0 Å². The molecular formula is C10H14NO2. The van der Waals surface area contributed by atoms with Gasteiger partial charge in [0.1, 0.15) is 0 Å². The third-order valence-electron chi connectivity index (χ3n) is 1.61. The molecule has 13 heavy (non-hydrogen) atoms. The van der Waals surface area contributed by atoms with Crippen LogP contribution in [0, 0.1) is 6.07 Å². The van der Waals surface area contributed by atoms with Crippen molar-refractivity contribution in [1.29, 1.82) is 0 Å². The van der Waals surface area contributed by atoms with Gasteiger partial charge in [-0.15, -0.1) is 0 Å². The van der Waals surface area contributed by atoms with Gasteiger partial charge < -0.3 is 15.2 Å². The fraction of sp³-hybridized carbons (Fsp3) is 0.400. The molecule has 0 unspecified atom stereocenters. The summed E-state index contributed by atoms with van der Waals surface area (Å²) < 4.78 is 10.5. The Labute approximate surface area is 78.5 Å². The predicted molar refractivity (Wildman–Crippen MR) is 51.0 cm³/mol. The first kappa shape index (κ1) is 9.86. The van der Waals surface area contributed by atoms with Crippen molar-refractivity contribution in [1.82, 2.24) is 0 Å². The summed E-state index contributed by atoms with van der Waals surface area (Å²) in [5.41, 5.74) is 5.35.